The van der Waals surface area contributed by atoms with E-state index in [0.717, 1.165) is 70.6 Å². The Morgan fingerprint density at radius 3 is 1.44 bits per heavy atom. The third-order valence-electron chi connectivity index (χ3n) is 9.80. The lowest BCUT2D eigenvalue weighted by atomic mass is 10.0. The Balaban J connectivity index is 4.38. The minimum atomic E-state index is -4.64. The summed E-state index contributed by atoms with van der Waals surface area (Å²) < 4.78 is 33.9. The molecule has 0 saturated carbocycles. The monoisotopic (exact) mass is 850 g/mol. The van der Waals surface area contributed by atoms with Gasteiger partial charge >= 0.3 is 11.9 Å². The van der Waals surface area contributed by atoms with E-state index in [1.165, 1.54) is 77.0 Å². The summed E-state index contributed by atoms with van der Waals surface area (Å²) in [6, 6.07) is 0. The predicted molar refractivity (Wildman–Crippen MR) is 245 cm³/mol. The van der Waals surface area contributed by atoms with Gasteiger partial charge in [0.15, 0.2) is 6.10 Å². The topological polar surface area (TPSA) is 111 Å². The van der Waals surface area contributed by atoms with Gasteiger partial charge in [0, 0.05) is 12.8 Å². The lowest BCUT2D eigenvalue weighted by molar-refractivity contribution is -0.870. The molecule has 0 bridgehead atoms. The Morgan fingerprint density at radius 2 is 0.966 bits per heavy atom. The van der Waals surface area contributed by atoms with Crippen LogP contribution in [0.25, 0.3) is 0 Å². The summed E-state index contributed by atoms with van der Waals surface area (Å²) in [6.45, 7) is 4.08. The standard InChI is InChI=1S/C49H88NO8P/c1-6-8-10-12-14-16-18-20-22-24-25-26-28-29-31-33-35-37-39-41-48(51)55-45-47(46-57-59(53,54)56-44-43-50(3,4)5)58-49(52)42-40-38-36-34-32-30-27-23-21-19-17-15-13-11-9-7-2/h8,10,14,16,20,22,25-26,29,31,47H,6-7,9,11-13,15,17-19,21,23-24,27-28,30,32-46H2,1-5H3/b10-8+,16-14+,22-20+,26-25+,31-29+/t47-/m1/s1. The lowest BCUT2D eigenvalue weighted by Crippen LogP contribution is -2.37. The highest BCUT2D eigenvalue weighted by Gasteiger charge is 2.21. The molecule has 0 N–H and O–H groups in total. The number of carbonyl (C=O) groups is 2. The van der Waals surface area contributed by atoms with Crippen LogP contribution in [0.5, 0.6) is 0 Å². The SMILES string of the molecule is CC/C=C/C/C=C/C/C=C/C/C=C/C/C=C/CCCCCC(=O)OC[C@H](COP(=O)([O-])OCC[N+](C)(C)C)OC(=O)CCCCCCCCCCCCCCCCCC. The van der Waals surface area contributed by atoms with Gasteiger partial charge in [0.25, 0.3) is 7.82 Å². The number of quaternary nitrogens is 1. The van der Waals surface area contributed by atoms with E-state index in [1.54, 1.807) is 0 Å². The molecule has 0 rings (SSSR count). The molecule has 0 aromatic rings. The van der Waals surface area contributed by atoms with Crippen molar-refractivity contribution in [2.24, 2.45) is 0 Å². The fourth-order valence-electron chi connectivity index (χ4n) is 6.15. The van der Waals surface area contributed by atoms with E-state index in [1.807, 2.05) is 21.1 Å². The minimum absolute atomic E-state index is 0.0376. The van der Waals surface area contributed by atoms with Gasteiger partial charge in [0.05, 0.1) is 27.7 Å². The Hall–Kier alpha value is -2.29. The maximum absolute atomic E-state index is 12.7. The molecular weight excluding hydrogens is 762 g/mol. The number of carbonyl (C=O) groups excluding carboxylic acids is 2. The van der Waals surface area contributed by atoms with E-state index in [-0.39, 0.29) is 26.1 Å². The van der Waals surface area contributed by atoms with Gasteiger partial charge in [-0.25, -0.2) is 0 Å². The van der Waals surface area contributed by atoms with Crippen LogP contribution in [0.1, 0.15) is 187 Å². The molecule has 0 amide bonds. The van der Waals surface area contributed by atoms with E-state index < -0.39 is 32.5 Å². The first-order valence-corrected chi connectivity index (χ1v) is 25.0. The molecule has 0 aliphatic heterocycles. The van der Waals surface area contributed by atoms with Crippen molar-refractivity contribution in [2.75, 3.05) is 47.5 Å². The van der Waals surface area contributed by atoms with Crippen LogP contribution in [0, 0.1) is 0 Å². The summed E-state index contributed by atoms with van der Waals surface area (Å²) in [4.78, 5) is 37.6. The molecule has 0 aliphatic carbocycles. The first-order chi connectivity index (χ1) is 28.5. The molecule has 0 spiro atoms. The Bertz CT molecular complexity index is 1190. The Morgan fingerprint density at radius 1 is 0.542 bits per heavy atom. The molecule has 0 radical (unpaired) electrons. The number of nitrogens with zero attached hydrogens (tertiary/aromatic N) is 1. The van der Waals surface area contributed by atoms with Crippen molar-refractivity contribution in [1.29, 1.82) is 0 Å². The van der Waals surface area contributed by atoms with Crippen LogP contribution in [0.2, 0.25) is 0 Å². The lowest BCUT2D eigenvalue weighted by Gasteiger charge is -2.28. The van der Waals surface area contributed by atoms with Crippen molar-refractivity contribution in [2.45, 2.75) is 193 Å². The second-order valence-electron chi connectivity index (χ2n) is 16.7. The van der Waals surface area contributed by atoms with Gasteiger partial charge in [0.1, 0.15) is 19.8 Å². The molecule has 0 fully saturated rings. The Labute approximate surface area is 362 Å². The highest BCUT2D eigenvalue weighted by molar-refractivity contribution is 7.45. The van der Waals surface area contributed by atoms with Gasteiger partial charge < -0.3 is 27.9 Å². The second-order valence-corrected chi connectivity index (χ2v) is 18.2. The summed E-state index contributed by atoms with van der Waals surface area (Å²) in [7, 11) is 1.14. The van der Waals surface area contributed by atoms with Gasteiger partial charge in [-0.05, 0) is 57.8 Å². The van der Waals surface area contributed by atoms with Crippen LogP contribution in [0.4, 0.5) is 0 Å². The number of phosphoric ester groups is 1. The molecule has 342 valence electrons. The third kappa shape index (κ3) is 45.1. The van der Waals surface area contributed by atoms with E-state index in [4.69, 9.17) is 18.5 Å². The van der Waals surface area contributed by atoms with Gasteiger partial charge in [-0.2, -0.15) is 0 Å². The normalized spacial score (nSPS) is 14.1. The van der Waals surface area contributed by atoms with Crippen molar-refractivity contribution >= 4 is 19.8 Å². The van der Waals surface area contributed by atoms with E-state index in [9.17, 15) is 19.0 Å². The summed E-state index contributed by atoms with van der Waals surface area (Å²) in [5.74, 6) is -0.870. The number of hydrogen-bond acceptors (Lipinski definition) is 8. The maximum Gasteiger partial charge on any atom is 0.306 e. The van der Waals surface area contributed by atoms with Crippen LogP contribution < -0.4 is 4.89 Å². The quantitative estimate of drug-likeness (QED) is 0.0196. The first kappa shape index (κ1) is 56.7. The number of hydrogen-bond donors (Lipinski definition) is 0. The van der Waals surface area contributed by atoms with Crippen molar-refractivity contribution in [3.63, 3.8) is 0 Å². The fourth-order valence-corrected chi connectivity index (χ4v) is 6.88. The van der Waals surface area contributed by atoms with E-state index in [2.05, 4.69) is 74.6 Å². The molecule has 2 atom stereocenters. The summed E-state index contributed by atoms with van der Waals surface area (Å²) in [6.07, 6.45) is 49.6. The molecule has 0 aliphatic rings. The zero-order chi connectivity index (χ0) is 43.6. The second kappa shape index (κ2) is 41.1. The number of rotatable bonds is 42. The maximum atomic E-state index is 12.7. The van der Waals surface area contributed by atoms with Crippen molar-refractivity contribution in [3.05, 3.63) is 60.8 Å². The molecule has 0 aromatic heterocycles. The molecule has 9 nitrogen and oxygen atoms in total. The van der Waals surface area contributed by atoms with Crippen LogP contribution in [-0.4, -0.2) is 70.0 Å². The van der Waals surface area contributed by atoms with Crippen LogP contribution in [0.15, 0.2) is 60.8 Å². The van der Waals surface area contributed by atoms with Crippen LogP contribution >= 0.6 is 7.82 Å². The first-order valence-electron chi connectivity index (χ1n) is 23.5. The molecule has 59 heavy (non-hydrogen) atoms. The smallest absolute Gasteiger partial charge is 0.306 e. The van der Waals surface area contributed by atoms with Gasteiger partial charge in [-0.1, -0.05) is 177 Å². The Kier molecular flexibility index (Phi) is 39.5. The van der Waals surface area contributed by atoms with Crippen LogP contribution in [-0.2, 0) is 32.7 Å². The summed E-state index contributed by atoms with van der Waals surface area (Å²) in [5, 5.41) is 0. The number of allylic oxidation sites excluding steroid dienone is 10. The van der Waals surface area contributed by atoms with Crippen molar-refractivity contribution in [1.82, 2.24) is 0 Å². The van der Waals surface area contributed by atoms with Gasteiger partial charge in [0.2, 0.25) is 0 Å². The van der Waals surface area contributed by atoms with Gasteiger partial charge in [-0.3, -0.25) is 14.2 Å². The minimum Gasteiger partial charge on any atom is -0.756 e. The van der Waals surface area contributed by atoms with Gasteiger partial charge in [-0.15, -0.1) is 0 Å². The predicted octanol–water partition coefficient (Wildman–Crippen LogP) is 13.0. The van der Waals surface area contributed by atoms with Crippen molar-refractivity contribution < 1.29 is 42.1 Å². The zero-order valence-corrected chi connectivity index (χ0v) is 39.3. The molecular formula is C49H88NO8P. The molecule has 0 heterocycles. The third-order valence-corrected chi connectivity index (χ3v) is 10.8. The zero-order valence-electron chi connectivity index (χ0n) is 38.4. The molecule has 10 heteroatoms. The largest absolute Gasteiger partial charge is 0.756 e. The summed E-state index contributed by atoms with van der Waals surface area (Å²) >= 11 is 0. The summed E-state index contributed by atoms with van der Waals surface area (Å²) in [5.41, 5.74) is 0. The van der Waals surface area contributed by atoms with E-state index in [0.29, 0.717) is 23.9 Å². The molecule has 0 saturated heterocycles. The molecule has 0 aromatic carbocycles. The average Bonchev–Trinajstić information content (AvgIpc) is 3.19. The average molecular weight is 850 g/mol. The van der Waals surface area contributed by atoms with Crippen LogP contribution in [0.3, 0.4) is 0 Å². The van der Waals surface area contributed by atoms with Crippen molar-refractivity contribution in [3.8, 4) is 0 Å². The number of unbranched alkanes of at least 4 members (excludes halogenated alkanes) is 18. The fraction of sp³-hybridized carbons (Fsp3) is 0.755. The number of esters is 2. The molecule has 1 unspecified atom stereocenters. The number of likely N-dealkylation sites (N-methyl/N-ethyl adjacent to an activating group) is 1. The highest BCUT2D eigenvalue weighted by Crippen LogP contribution is 2.38. The highest BCUT2D eigenvalue weighted by atomic mass is 31.2. The number of phosphoric acid groups is 1. The number of ether oxygens (including phenoxy) is 2. The van der Waals surface area contributed by atoms with E-state index >= 15 is 0 Å².